The summed E-state index contributed by atoms with van der Waals surface area (Å²) in [6.45, 7) is 3.29. The average Bonchev–Trinajstić information content (AvgIpc) is 3.25. The lowest BCUT2D eigenvalue weighted by Gasteiger charge is -2.25. The third-order valence-corrected chi connectivity index (χ3v) is 4.43. The van der Waals surface area contributed by atoms with Crippen LogP contribution < -0.4 is 0 Å². The highest BCUT2D eigenvalue weighted by Crippen LogP contribution is 2.31. The molecule has 1 aromatic rings. The number of esters is 1. The average molecular weight is 307 g/mol. The molecule has 0 aromatic heterocycles. The van der Waals surface area contributed by atoms with Crippen LogP contribution >= 0.6 is 0 Å². The number of rotatable bonds is 6. The lowest BCUT2D eigenvalue weighted by molar-refractivity contribution is 0.0597. The van der Waals surface area contributed by atoms with Crippen LogP contribution in [0.25, 0.3) is 0 Å². The molecule has 4 nitrogen and oxygen atoms in total. The molecular formula is C17H22FNO3. The van der Waals surface area contributed by atoms with Gasteiger partial charge in [-0.1, -0.05) is 6.07 Å². The molecule has 0 spiro atoms. The van der Waals surface area contributed by atoms with Crippen molar-refractivity contribution in [2.24, 2.45) is 5.92 Å². The second-order valence-corrected chi connectivity index (χ2v) is 6.18. The normalized spacial score (nSPS) is 21.3. The maximum atomic E-state index is 13.4. The number of hydrogen-bond donors (Lipinski definition) is 0. The number of hydrogen-bond acceptors (Lipinski definition) is 4. The predicted molar refractivity (Wildman–Crippen MR) is 80.1 cm³/mol. The number of methoxy groups -OCH3 is 1. The highest BCUT2D eigenvalue weighted by atomic mass is 19.1. The van der Waals surface area contributed by atoms with Gasteiger partial charge in [0.2, 0.25) is 0 Å². The minimum Gasteiger partial charge on any atom is -0.465 e. The van der Waals surface area contributed by atoms with Gasteiger partial charge in [0, 0.05) is 25.7 Å². The van der Waals surface area contributed by atoms with E-state index in [4.69, 9.17) is 9.47 Å². The molecule has 1 saturated carbocycles. The molecule has 120 valence electrons. The lowest BCUT2D eigenvalue weighted by atomic mass is 10.0. The van der Waals surface area contributed by atoms with Crippen LogP contribution in [0.4, 0.5) is 4.39 Å². The standard InChI is InChI=1S/C17H22FNO3/c1-21-17(20)16-8-14(18)3-2-13(16)10-19(15-4-5-15)9-12-6-7-22-11-12/h2-3,8,12,15H,4-7,9-11H2,1H3/t12-/m0/s1. The molecule has 2 fully saturated rings. The van der Waals surface area contributed by atoms with Crippen molar-refractivity contribution in [3.8, 4) is 0 Å². The van der Waals surface area contributed by atoms with Crippen LogP contribution in [-0.4, -0.2) is 43.8 Å². The Morgan fingerprint density at radius 3 is 2.86 bits per heavy atom. The topological polar surface area (TPSA) is 38.8 Å². The zero-order chi connectivity index (χ0) is 15.5. The fourth-order valence-electron chi connectivity index (χ4n) is 3.05. The molecule has 0 radical (unpaired) electrons. The third kappa shape index (κ3) is 3.65. The summed E-state index contributed by atoms with van der Waals surface area (Å²) in [6, 6.07) is 4.95. The van der Waals surface area contributed by atoms with Crippen molar-refractivity contribution >= 4 is 5.97 Å². The minimum absolute atomic E-state index is 0.329. The Labute approximate surface area is 130 Å². The maximum absolute atomic E-state index is 13.4. The summed E-state index contributed by atoms with van der Waals surface area (Å²) < 4.78 is 23.7. The first-order chi connectivity index (χ1) is 10.7. The van der Waals surface area contributed by atoms with Crippen LogP contribution in [0.3, 0.4) is 0 Å². The first-order valence-electron chi connectivity index (χ1n) is 7.86. The fourth-order valence-corrected chi connectivity index (χ4v) is 3.05. The van der Waals surface area contributed by atoms with Gasteiger partial charge in [0.25, 0.3) is 0 Å². The summed E-state index contributed by atoms with van der Waals surface area (Å²) in [7, 11) is 1.32. The van der Waals surface area contributed by atoms with E-state index in [0.29, 0.717) is 24.1 Å². The van der Waals surface area contributed by atoms with Gasteiger partial charge in [0.05, 0.1) is 19.3 Å². The Hall–Kier alpha value is -1.46. The predicted octanol–water partition coefficient (Wildman–Crippen LogP) is 2.61. The van der Waals surface area contributed by atoms with E-state index in [2.05, 4.69) is 4.90 Å². The molecule has 1 atom stereocenters. The summed E-state index contributed by atoms with van der Waals surface area (Å²) in [4.78, 5) is 14.3. The van der Waals surface area contributed by atoms with E-state index in [1.54, 1.807) is 6.07 Å². The fraction of sp³-hybridized carbons (Fsp3) is 0.588. The molecule has 1 aliphatic heterocycles. The number of carbonyl (C=O) groups excluding carboxylic acids is 1. The summed E-state index contributed by atoms with van der Waals surface area (Å²) in [5.74, 6) is -0.330. The van der Waals surface area contributed by atoms with E-state index >= 15 is 0 Å². The van der Waals surface area contributed by atoms with Crippen molar-refractivity contribution in [3.05, 3.63) is 35.1 Å². The van der Waals surface area contributed by atoms with Crippen LogP contribution in [0.15, 0.2) is 18.2 Å². The Bertz CT molecular complexity index is 539. The highest BCUT2D eigenvalue weighted by molar-refractivity contribution is 5.91. The van der Waals surface area contributed by atoms with Gasteiger partial charge in [-0.25, -0.2) is 9.18 Å². The van der Waals surface area contributed by atoms with Gasteiger partial charge < -0.3 is 9.47 Å². The van der Waals surface area contributed by atoms with E-state index in [1.165, 1.54) is 32.1 Å². The van der Waals surface area contributed by atoms with Crippen LogP contribution in [0.1, 0.15) is 35.2 Å². The van der Waals surface area contributed by atoms with E-state index in [-0.39, 0.29) is 0 Å². The summed E-state index contributed by atoms with van der Waals surface area (Å²) in [6.07, 6.45) is 3.49. The van der Waals surface area contributed by atoms with Crippen LogP contribution in [0.5, 0.6) is 0 Å². The first-order valence-corrected chi connectivity index (χ1v) is 7.86. The number of halogens is 1. The Morgan fingerprint density at radius 2 is 2.23 bits per heavy atom. The molecule has 2 aliphatic rings. The lowest BCUT2D eigenvalue weighted by Crippen LogP contribution is -2.32. The molecule has 0 unspecified atom stereocenters. The molecule has 5 heteroatoms. The van der Waals surface area contributed by atoms with Gasteiger partial charge in [-0.05, 0) is 42.9 Å². The first kappa shape index (κ1) is 15.4. The molecule has 0 amide bonds. The SMILES string of the molecule is COC(=O)c1cc(F)ccc1CN(C[C@@H]1CCOC1)C1CC1. The maximum Gasteiger partial charge on any atom is 0.338 e. The number of nitrogens with zero attached hydrogens (tertiary/aromatic N) is 1. The molecule has 1 aliphatic carbocycles. The minimum atomic E-state index is -0.477. The van der Waals surface area contributed by atoms with Gasteiger partial charge in [-0.15, -0.1) is 0 Å². The molecule has 22 heavy (non-hydrogen) atoms. The van der Waals surface area contributed by atoms with Gasteiger partial charge in [-0.3, -0.25) is 4.90 Å². The van der Waals surface area contributed by atoms with Crippen molar-refractivity contribution in [1.29, 1.82) is 0 Å². The van der Waals surface area contributed by atoms with E-state index in [1.807, 2.05) is 0 Å². The molecule has 0 N–H and O–H groups in total. The number of ether oxygens (including phenoxy) is 2. The molecule has 1 aromatic carbocycles. The summed E-state index contributed by atoms with van der Waals surface area (Å²) >= 11 is 0. The van der Waals surface area contributed by atoms with Crippen molar-refractivity contribution in [1.82, 2.24) is 4.90 Å². The Balaban J connectivity index is 1.75. The monoisotopic (exact) mass is 307 g/mol. The van der Waals surface area contributed by atoms with Gasteiger partial charge in [0.1, 0.15) is 5.82 Å². The molecule has 0 bridgehead atoms. The van der Waals surface area contributed by atoms with Crippen molar-refractivity contribution < 1.29 is 18.7 Å². The third-order valence-electron chi connectivity index (χ3n) is 4.43. The second-order valence-electron chi connectivity index (χ2n) is 6.18. The molecular weight excluding hydrogens is 285 g/mol. The molecule has 3 rings (SSSR count). The zero-order valence-corrected chi connectivity index (χ0v) is 12.9. The quantitative estimate of drug-likeness (QED) is 0.757. The van der Waals surface area contributed by atoms with Gasteiger partial charge in [-0.2, -0.15) is 0 Å². The zero-order valence-electron chi connectivity index (χ0n) is 12.9. The van der Waals surface area contributed by atoms with Crippen molar-refractivity contribution in [2.75, 3.05) is 26.9 Å². The summed E-state index contributed by atoms with van der Waals surface area (Å²) in [5.41, 5.74) is 1.16. The van der Waals surface area contributed by atoms with E-state index < -0.39 is 11.8 Å². The summed E-state index contributed by atoms with van der Waals surface area (Å²) in [5, 5.41) is 0. The highest BCUT2D eigenvalue weighted by Gasteiger charge is 2.32. The van der Waals surface area contributed by atoms with Gasteiger partial charge >= 0.3 is 5.97 Å². The van der Waals surface area contributed by atoms with Crippen molar-refractivity contribution in [3.63, 3.8) is 0 Å². The number of carbonyl (C=O) groups is 1. The van der Waals surface area contributed by atoms with E-state index in [0.717, 1.165) is 31.7 Å². The van der Waals surface area contributed by atoms with Crippen molar-refractivity contribution in [2.45, 2.75) is 31.8 Å². The molecule has 1 heterocycles. The van der Waals surface area contributed by atoms with E-state index in [9.17, 15) is 9.18 Å². The van der Waals surface area contributed by atoms with Gasteiger partial charge in [0.15, 0.2) is 0 Å². The largest absolute Gasteiger partial charge is 0.465 e. The molecule has 1 saturated heterocycles. The Kier molecular flexibility index (Phi) is 4.74. The van der Waals surface area contributed by atoms with Crippen LogP contribution in [0, 0.1) is 11.7 Å². The smallest absolute Gasteiger partial charge is 0.338 e. The number of benzene rings is 1. The Morgan fingerprint density at radius 1 is 1.41 bits per heavy atom. The second kappa shape index (κ2) is 6.75. The van der Waals surface area contributed by atoms with Crippen LogP contribution in [0.2, 0.25) is 0 Å². The van der Waals surface area contributed by atoms with Crippen LogP contribution in [-0.2, 0) is 16.0 Å².